The van der Waals surface area contributed by atoms with Crippen LogP contribution >= 0.6 is 0 Å². The summed E-state index contributed by atoms with van der Waals surface area (Å²) in [5, 5.41) is 17.0. The molecular formula is C19H29NO9. The van der Waals surface area contributed by atoms with Gasteiger partial charge in [0.2, 0.25) is 0 Å². The number of rotatable bonds is 12. The minimum atomic E-state index is -1.27. The average Bonchev–Trinajstić information content (AvgIpc) is 2.48. The Balaban J connectivity index is 4.65. The molecule has 0 saturated heterocycles. The van der Waals surface area contributed by atoms with Crippen molar-refractivity contribution in [2.75, 3.05) is 0 Å². The summed E-state index contributed by atoms with van der Waals surface area (Å²) in [7, 11) is 0. The minimum absolute atomic E-state index is 0.131. The van der Waals surface area contributed by atoms with Crippen molar-refractivity contribution in [2.24, 2.45) is 5.73 Å². The predicted octanol–water partition coefficient (Wildman–Crippen LogP) is 1.38. The van der Waals surface area contributed by atoms with E-state index >= 15 is 0 Å². The molecule has 0 bridgehead atoms. The fraction of sp³-hybridized carbons (Fsp3) is 0.579. The van der Waals surface area contributed by atoms with Crippen LogP contribution in [-0.4, -0.2) is 57.6 Å². The standard InChI is InChI=1S/C19H29NO9/c1-12(27-16(25)8-6-14(21)22)11-19(5,20)28-13(2)10-18(3,4)29-17(26)9-7-15(23)24/h6-9,12-13H,10-11,20H2,1-5H3,(H,21,22)(H,23,24). The molecular weight excluding hydrogens is 386 g/mol. The molecule has 0 aromatic heterocycles. The molecule has 0 aliphatic carbocycles. The van der Waals surface area contributed by atoms with E-state index < -0.39 is 47.4 Å². The van der Waals surface area contributed by atoms with Gasteiger partial charge >= 0.3 is 23.9 Å². The van der Waals surface area contributed by atoms with Crippen LogP contribution in [0, 0.1) is 0 Å². The second-order valence-corrected chi connectivity index (χ2v) is 7.42. The summed E-state index contributed by atoms with van der Waals surface area (Å²) in [6.45, 7) is 8.20. The number of nitrogens with two attached hydrogens (primary N) is 1. The number of carboxylic acids is 2. The molecule has 0 aromatic rings. The van der Waals surface area contributed by atoms with Gasteiger partial charge in [-0.25, -0.2) is 19.2 Å². The summed E-state index contributed by atoms with van der Waals surface area (Å²) in [6.07, 6.45) is 2.27. The zero-order chi connectivity index (χ0) is 22.8. The molecule has 0 radical (unpaired) electrons. The van der Waals surface area contributed by atoms with Crippen molar-refractivity contribution in [3.8, 4) is 0 Å². The zero-order valence-electron chi connectivity index (χ0n) is 17.2. The Bertz CT molecular complexity index is 665. The van der Waals surface area contributed by atoms with Crippen LogP contribution < -0.4 is 5.73 Å². The summed E-state index contributed by atoms with van der Waals surface area (Å²) < 4.78 is 16.0. The monoisotopic (exact) mass is 415 g/mol. The van der Waals surface area contributed by atoms with Crippen LogP contribution in [0.4, 0.5) is 0 Å². The molecule has 3 atom stereocenters. The van der Waals surface area contributed by atoms with Crippen molar-refractivity contribution in [3.63, 3.8) is 0 Å². The predicted molar refractivity (Wildman–Crippen MR) is 102 cm³/mol. The molecule has 0 aliphatic heterocycles. The largest absolute Gasteiger partial charge is 0.478 e. The highest BCUT2D eigenvalue weighted by molar-refractivity contribution is 5.91. The van der Waals surface area contributed by atoms with Gasteiger partial charge in [0.25, 0.3) is 0 Å². The molecule has 3 unspecified atom stereocenters. The van der Waals surface area contributed by atoms with Crippen LogP contribution in [0.2, 0.25) is 0 Å². The number of carbonyl (C=O) groups is 4. The van der Waals surface area contributed by atoms with E-state index in [-0.39, 0.29) is 12.8 Å². The lowest BCUT2D eigenvalue weighted by molar-refractivity contribution is -0.160. The van der Waals surface area contributed by atoms with Crippen LogP contribution in [-0.2, 0) is 33.4 Å². The Kier molecular flexibility index (Phi) is 10.3. The van der Waals surface area contributed by atoms with Crippen LogP contribution in [0.5, 0.6) is 0 Å². The quantitative estimate of drug-likeness (QED) is 0.241. The van der Waals surface area contributed by atoms with Crippen LogP contribution in [0.15, 0.2) is 24.3 Å². The van der Waals surface area contributed by atoms with Crippen molar-refractivity contribution in [2.45, 2.75) is 71.0 Å². The molecule has 0 amide bonds. The average molecular weight is 415 g/mol. The lowest BCUT2D eigenvalue weighted by Gasteiger charge is -2.34. The first kappa shape index (κ1) is 26.3. The van der Waals surface area contributed by atoms with Crippen molar-refractivity contribution in [1.29, 1.82) is 0 Å². The van der Waals surface area contributed by atoms with Gasteiger partial charge in [-0.2, -0.15) is 0 Å². The molecule has 0 rings (SSSR count). The molecule has 0 fully saturated rings. The topological polar surface area (TPSA) is 162 Å². The lowest BCUT2D eigenvalue weighted by Crippen LogP contribution is -2.46. The van der Waals surface area contributed by atoms with E-state index in [9.17, 15) is 19.2 Å². The first-order valence-corrected chi connectivity index (χ1v) is 8.84. The van der Waals surface area contributed by atoms with E-state index in [1.165, 1.54) is 0 Å². The van der Waals surface area contributed by atoms with E-state index in [0.717, 1.165) is 12.2 Å². The molecule has 0 spiro atoms. The lowest BCUT2D eigenvalue weighted by atomic mass is 10.0. The van der Waals surface area contributed by atoms with Crippen LogP contribution in [0.3, 0.4) is 0 Å². The maximum absolute atomic E-state index is 11.6. The Morgan fingerprint density at radius 3 is 1.83 bits per heavy atom. The molecule has 164 valence electrons. The molecule has 0 aliphatic rings. The van der Waals surface area contributed by atoms with Crippen molar-refractivity contribution >= 4 is 23.9 Å². The Hall–Kier alpha value is -2.72. The van der Waals surface area contributed by atoms with E-state index in [1.807, 2.05) is 0 Å². The number of carbonyl (C=O) groups excluding carboxylic acids is 2. The van der Waals surface area contributed by atoms with Crippen LogP contribution in [0.25, 0.3) is 0 Å². The highest BCUT2D eigenvalue weighted by Gasteiger charge is 2.31. The third kappa shape index (κ3) is 14.0. The Labute approximate surface area is 169 Å². The van der Waals surface area contributed by atoms with Gasteiger partial charge in [0.1, 0.15) is 17.4 Å². The third-order valence-corrected chi connectivity index (χ3v) is 3.36. The fourth-order valence-electron chi connectivity index (χ4n) is 2.72. The first-order valence-electron chi connectivity index (χ1n) is 8.84. The number of hydrogen-bond donors (Lipinski definition) is 3. The smallest absolute Gasteiger partial charge is 0.331 e. The molecule has 10 heteroatoms. The number of ether oxygens (including phenoxy) is 3. The Morgan fingerprint density at radius 2 is 1.34 bits per heavy atom. The van der Waals surface area contributed by atoms with Crippen LogP contribution in [0.1, 0.15) is 47.5 Å². The number of hydrogen-bond acceptors (Lipinski definition) is 8. The van der Waals surface area contributed by atoms with Crippen molar-refractivity contribution in [1.82, 2.24) is 0 Å². The second kappa shape index (κ2) is 11.3. The van der Waals surface area contributed by atoms with Gasteiger partial charge in [-0.1, -0.05) is 0 Å². The van der Waals surface area contributed by atoms with Gasteiger partial charge < -0.3 is 30.2 Å². The summed E-state index contributed by atoms with van der Waals surface area (Å²) in [5.41, 5.74) is 3.98. The van der Waals surface area contributed by atoms with Crippen molar-refractivity contribution < 1.29 is 43.6 Å². The molecule has 4 N–H and O–H groups in total. The maximum atomic E-state index is 11.6. The van der Waals surface area contributed by atoms with Gasteiger partial charge in [-0.3, -0.25) is 0 Å². The maximum Gasteiger partial charge on any atom is 0.331 e. The second-order valence-electron chi connectivity index (χ2n) is 7.42. The first-order chi connectivity index (χ1) is 13.1. The molecule has 0 heterocycles. The minimum Gasteiger partial charge on any atom is -0.478 e. The highest BCUT2D eigenvalue weighted by atomic mass is 16.6. The van der Waals surface area contributed by atoms with E-state index in [2.05, 4.69) is 0 Å². The molecule has 0 aromatic carbocycles. The van der Waals surface area contributed by atoms with Gasteiger partial charge in [0, 0.05) is 37.1 Å². The number of carboxylic acid groups (broad SMARTS) is 2. The fourth-order valence-corrected chi connectivity index (χ4v) is 2.72. The Morgan fingerprint density at radius 1 is 0.862 bits per heavy atom. The normalized spacial score (nSPS) is 16.2. The van der Waals surface area contributed by atoms with E-state index in [0.29, 0.717) is 12.2 Å². The summed E-state index contributed by atoms with van der Waals surface area (Å²) >= 11 is 0. The van der Waals surface area contributed by atoms with Gasteiger partial charge in [0.05, 0.1) is 6.10 Å². The molecule has 10 nitrogen and oxygen atoms in total. The summed E-state index contributed by atoms with van der Waals surface area (Å²) in [5.74, 6) is -4.14. The molecule has 29 heavy (non-hydrogen) atoms. The molecule has 0 saturated carbocycles. The van der Waals surface area contributed by atoms with Crippen molar-refractivity contribution in [3.05, 3.63) is 24.3 Å². The van der Waals surface area contributed by atoms with Gasteiger partial charge in [-0.15, -0.1) is 0 Å². The van der Waals surface area contributed by atoms with Gasteiger partial charge in [-0.05, 0) is 34.6 Å². The van der Waals surface area contributed by atoms with E-state index in [4.69, 9.17) is 30.2 Å². The highest BCUT2D eigenvalue weighted by Crippen LogP contribution is 2.23. The number of aliphatic carboxylic acids is 2. The zero-order valence-corrected chi connectivity index (χ0v) is 17.2. The van der Waals surface area contributed by atoms with E-state index in [1.54, 1.807) is 34.6 Å². The third-order valence-electron chi connectivity index (χ3n) is 3.36. The number of esters is 2. The summed E-state index contributed by atoms with van der Waals surface area (Å²) in [6, 6.07) is 0. The van der Waals surface area contributed by atoms with Gasteiger partial charge in [0.15, 0.2) is 0 Å². The SMILES string of the molecule is CC(CC(C)(N)OC(C)CC(C)(C)OC(=O)C=CC(=O)O)OC(=O)C=CC(=O)O. The summed E-state index contributed by atoms with van der Waals surface area (Å²) in [4.78, 5) is 44.0.